The molecule has 4 rings (SSSR count). The van der Waals surface area contributed by atoms with Gasteiger partial charge in [0.2, 0.25) is 0 Å². The molecule has 0 spiro atoms. The summed E-state index contributed by atoms with van der Waals surface area (Å²) in [6, 6.07) is 0. The molecule has 0 unspecified atom stereocenters. The number of carbonyl (C=O) groups is 4. The summed E-state index contributed by atoms with van der Waals surface area (Å²) in [6.07, 6.45) is 5.33. The van der Waals surface area contributed by atoms with Gasteiger partial charge < -0.3 is 5.11 Å². The molecule has 160 valence electrons. The lowest BCUT2D eigenvalue weighted by Gasteiger charge is -2.58. The summed E-state index contributed by atoms with van der Waals surface area (Å²) < 4.78 is 0. The third kappa shape index (κ3) is 3.02. The summed E-state index contributed by atoms with van der Waals surface area (Å²) in [6.45, 7) is 6.37. The first-order valence-corrected chi connectivity index (χ1v) is 11.4. The van der Waals surface area contributed by atoms with Crippen LogP contribution in [0.4, 0.5) is 0 Å². The predicted molar refractivity (Wildman–Crippen MR) is 107 cm³/mol. The van der Waals surface area contributed by atoms with Crippen LogP contribution in [0.2, 0.25) is 0 Å². The summed E-state index contributed by atoms with van der Waals surface area (Å²) in [5.74, 6) is 0.524. The standard InChI is InChI=1S/C24H34O5/c1-13(4-7-21(28)29)16-5-6-17-22-18(12-20(27)24(16,17)3)23(2)9-8-15(25)10-14(23)11-19(22)26/h13-14,16-18,22H,4-12H2,1-3H3,(H,28,29)/t13-,14-,16+,17+,18+,22+,23-,24+/m0/s1. The average Bonchev–Trinajstić information content (AvgIpc) is 3.01. The molecule has 29 heavy (non-hydrogen) atoms. The van der Waals surface area contributed by atoms with Crippen molar-refractivity contribution in [2.75, 3.05) is 0 Å². The van der Waals surface area contributed by atoms with Crippen LogP contribution in [0.25, 0.3) is 0 Å². The van der Waals surface area contributed by atoms with E-state index >= 15 is 0 Å². The van der Waals surface area contributed by atoms with E-state index in [-0.39, 0.29) is 64.7 Å². The molecule has 0 heterocycles. The summed E-state index contributed by atoms with van der Waals surface area (Å²) in [5.41, 5.74) is -0.598. The zero-order chi connectivity index (χ0) is 21.1. The molecule has 5 nitrogen and oxygen atoms in total. The number of carboxylic acids is 1. The molecule has 4 fully saturated rings. The number of hydrogen-bond acceptors (Lipinski definition) is 4. The van der Waals surface area contributed by atoms with Crippen molar-refractivity contribution in [1.29, 1.82) is 0 Å². The molecular weight excluding hydrogens is 368 g/mol. The number of carboxylic acid groups (broad SMARTS) is 1. The summed E-state index contributed by atoms with van der Waals surface area (Å²) >= 11 is 0. The lowest BCUT2D eigenvalue weighted by atomic mass is 9.44. The molecule has 4 saturated carbocycles. The SMILES string of the molecule is C[C@@H](CCC(=O)O)[C@H]1CC[C@@H]2[C@H]3C(=O)C[C@@H]4CC(=O)CC[C@]4(C)[C@@H]3CC(=O)[C@@]21C. The first-order valence-electron chi connectivity index (χ1n) is 11.4. The fourth-order valence-electron chi connectivity index (χ4n) is 7.94. The van der Waals surface area contributed by atoms with Gasteiger partial charge >= 0.3 is 5.97 Å². The van der Waals surface area contributed by atoms with Crippen LogP contribution in [0, 0.1) is 46.3 Å². The van der Waals surface area contributed by atoms with Gasteiger partial charge in [0.1, 0.15) is 17.3 Å². The van der Waals surface area contributed by atoms with Crippen molar-refractivity contribution in [1.82, 2.24) is 0 Å². The number of fused-ring (bicyclic) bond motifs is 5. The highest BCUT2D eigenvalue weighted by molar-refractivity contribution is 5.93. The van der Waals surface area contributed by atoms with Gasteiger partial charge in [-0.25, -0.2) is 0 Å². The van der Waals surface area contributed by atoms with Crippen molar-refractivity contribution in [3.05, 3.63) is 0 Å². The minimum Gasteiger partial charge on any atom is -0.481 e. The van der Waals surface area contributed by atoms with Crippen LogP contribution in [-0.4, -0.2) is 28.4 Å². The number of rotatable bonds is 4. The van der Waals surface area contributed by atoms with E-state index in [1.54, 1.807) is 0 Å². The molecule has 0 aromatic rings. The van der Waals surface area contributed by atoms with Crippen LogP contribution in [0.1, 0.15) is 78.6 Å². The van der Waals surface area contributed by atoms with Crippen LogP contribution in [0.3, 0.4) is 0 Å². The number of ketones is 3. The Kier molecular flexibility index (Phi) is 5.02. The Balaban J connectivity index is 1.63. The summed E-state index contributed by atoms with van der Waals surface area (Å²) in [5, 5.41) is 9.06. The van der Waals surface area contributed by atoms with Crippen molar-refractivity contribution in [2.24, 2.45) is 46.3 Å². The van der Waals surface area contributed by atoms with Crippen molar-refractivity contribution in [2.45, 2.75) is 78.6 Å². The van der Waals surface area contributed by atoms with Crippen molar-refractivity contribution >= 4 is 23.3 Å². The largest absolute Gasteiger partial charge is 0.481 e. The van der Waals surface area contributed by atoms with Gasteiger partial charge in [-0.3, -0.25) is 19.2 Å². The van der Waals surface area contributed by atoms with E-state index in [1.807, 2.05) is 0 Å². The minimum atomic E-state index is -0.792. The molecular formula is C24H34O5. The number of aliphatic carboxylic acids is 1. The Bertz CT molecular complexity index is 756. The van der Waals surface area contributed by atoms with E-state index in [1.165, 1.54) is 0 Å². The maximum absolute atomic E-state index is 13.6. The van der Waals surface area contributed by atoms with E-state index in [0.29, 0.717) is 32.1 Å². The van der Waals surface area contributed by atoms with Gasteiger partial charge in [-0.15, -0.1) is 0 Å². The lowest BCUT2D eigenvalue weighted by molar-refractivity contribution is -0.166. The maximum atomic E-state index is 13.6. The van der Waals surface area contributed by atoms with Gasteiger partial charge in [0.05, 0.1) is 0 Å². The number of hydrogen-bond donors (Lipinski definition) is 1. The normalized spacial score (nSPS) is 45.3. The molecule has 0 amide bonds. The first kappa shape index (κ1) is 20.7. The average molecular weight is 403 g/mol. The highest BCUT2D eigenvalue weighted by Crippen LogP contribution is 2.66. The Labute approximate surface area is 173 Å². The zero-order valence-corrected chi connectivity index (χ0v) is 17.9. The van der Waals surface area contributed by atoms with Crippen molar-refractivity contribution in [3.8, 4) is 0 Å². The molecule has 0 aliphatic heterocycles. The lowest BCUT2D eigenvalue weighted by Crippen LogP contribution is -2.60. The third-order valence-corrected chi connectivity index (χ3v) is 9.72. The highest BCUT2D eigenvalue weighted by Gasteiger charge is 2.66. The minimum absolute atomic E-state index is 0.0659. The second-order valence-corrected chi connectivity index (χ2v) is 10.9. The van der Waals surface area contributed by atoms with Gasteiger partial charge in [-0.05, 0) is 60.7 Å². The van der Waals surface area contributed by atoms with Crippen molar-refractivity contribution < 1.29 is 24.3 Å². The van der Waals surface area contributed by atoms with Gasteiger partial charge in [0.25, 0.3) is 0 Å². The molecule has 5 heteroatoms. The van der Waals surface area contributed by atoms with Crippen molar-refractivity contribution in [3.63, 3.8) is 0 Å². The predicted octanol–water partition coefficient (Wildman–Crippen LogP) is 4.07. The third-order valence-electron chi connectivity index (χ3n) is 9.72. The van der Waals surface area contributed by atoms with E-state index in [0.717, 1.165) is 19.3 Å². The maximum Gasteiger partial charge on any atom is 0.303 e. The summed E-state index contributed by atoms with van der Waals surface area (Å²) in [7, 11) is 0. The van der Waals surface area contributed by atoms with E-state index in [9.17, 15) is 19.2 Å². The van der Waals surface area contributed by atoms with Gasteiger partial charge in [-0.1, -0.05) is 20.8 Å². The molecule has 1 N–H and O–H groups in total. The second-order valence-electron chi connectivity index (χ2n) is 10.9. The van der Waals surface area contributed by atoms with E-state index in [4.69, 9.17) is 5.11 Å². The quantitative estimate of drug-likeness (QED) is 0.766. The molecule has 0 saturated heterocycles. The van der Waals surface area contributed by atoms with Gasteiger partial charge in [-0.2, -0.15) is 0 Å². The molecule has 0 aromatic carbocycles. The monoisotopic (exact) mass is 402 g/mol. The number of Topliss-reactive ketones (excluding diaryl/α,β-unsaturated/α-hetero) is 3. The van der Waals surface area contributed by atoms with Crippen LogP contribution >= 0.6 is 0 Å². The first-order chi connectivity index (χ1) is 13.6. The van der Waals surface area contributed by atoms with Crippen LogP contribution in [-0.2, 0) is 19.2 Å². The fraction of sp³-hybridized carbons (Fsp3) is 0.833. The Morgan fingerprint density at radius 3 is 2.52 bits per heavy atom. The van der Waals surface area contributed by atoms with Crippen LogP contribution in [0.15, 0.2) is 0 Å². The molecule has 4 aliphatic rings. The van der Waals surface area contributed by atoms with Crippen LogP contribution < -0.4 is 0 Å². The van der Waals surface area contributed by atoms with Crippen LogP contribution in [0.5, 0.6) is 0 Å². The molecule has 0 radical (unpaired) electrons. The fourth-order valence-corrected chi connectivity index (χ4v) is 7.94. The summed E-state index contributed by atoms with van der Waals surface area (Å²) in [4.78, 5) is 50.0. The smallest absolute Gasteiger partial charge is 0.303 e. The molecule has 0 aromatic heterocycles. The zero-order valence-electron chi connectivity index (χ0n) is 17.9. The van der Waals surface area contributed by atoms with E-state index < -0.39 is 11.4 Å². The highest BCUT2D eigenvalue weighted by atomic mass is 16.4. The van der Waals surface area contributed by atoms with Gasteiger partial charge in [0.15, 0.2) is 0 Å². The molecule has 8 atom stereocenters. The molecule has 4 aliphatic carbocycles. The molecule has 0 bridgehead atoms. The number of carbonyl (C=O) groups excluding carboxylic acids is 3. The second kappa shape index (κ2) is 7.02. The van der Waals surface area contributed by atoms with Gasteiger partial charge in [0, 0.05) is 43.4 Å². The Hall–Kier alpha value is -1.52. The Morgan fingerprint density at radius 2 is 1.83 bits per heavy atom. The van der Waals surface area contributed by atoms with E-state index in [2.05, 4.69) is 20.8 Å². The topological polar surface area (TPSA) is 88.5 Å². The Morgan fingerprint density at radius 1 is 1.10 bits per heavy atom.